The van der Waals surface area contributed by atoms with E-state index in [2.05, 4.69) is 17.3 Å². The summed E-state index contributed by atoms with van der Waals surface area (Å²) in [6.07, 6.45) is 6.29. The van der Waals surface area contributed by atoms with Crippen LogP contribution in [0, 0.1) is 10.1 Å². The molecule has 160 valence electrons. The normalized spacial score (nSPS) is 14.5. The van der Waals surface area contributed by atoms with Gasteiger partial charge in [-0.25, -0.2) is 0 Å². The Labute approximate surface area is 177 Å². The Morgan fingerprint density at radius 2 is 1.80 bits per heavy atom. The van der Waals surface area contributed by atoms with Crippen LogP contribution in [0.15, 0.2) is 42.5 Å². The van der Waals surface area contributed by atoms with Crippen LogP contribution in [0.25, 0.3) is 0 Å². The maximum Gasteiger partial charge on any atom is 0.293 e. The summed E-state index contributed by atoms with van der Waals surface area (Å²) >= 11 is 0. The van der Waals surface area contributed by atoms with Crippen LogP contribution < -0.4 is 10.2 Å². The number of benzene rings is 2. The first-order chi connectivity index (χ1) is 14.4. The lowest BCUT2D eigenvalue weighted by Gasteiger charge is -2.31. The van der Waals surface area contributed by atoms with Crippen molar-refractivity contribution in [3.05, 3.63) is 63.7 Å². The number of hydrogen-bond donors (Lipinski definition) is 1. The van der Waals surface area contributed by atoms with Gasteiger partial charge in [-0.3, -0.25) is 19.8 Å². The maximum atomic E-state index is 12.8. The van der Waals surface area contributed by atoms with Gasteiger partial charge in [0.1, 0.15) is 5.69 Å². The number of anilines is 2. The highest BCUT2D eigenvalue weighted by Gasteiger charge is 2.21. The lowest BCUT2D eigenvalue weighted by molar-refractivity contribution is -0.384. The molecule has 30 heavy (non-hydrogen) atoms. The number of para-hydroxylation sites is 1. The molecule has 1 aliphatic rings. The molecule has 0 saturated heterocycles. The molecule has 0 spiro atoms. The van der Waals surface area contributed by atoms with Crippen molar-refractivity contribution in [3.63, 3.8) is 0 Å². The minimum atomic E-state index is -0.459. The van der Waals surface area contributed by atoms with Crippen molar-refractivity contribution in [3.8, 4) is 0 Å². The molecular formula is C23H30N4O3. The van der Waals surface area contributed by atoms with Gasteiger partial charge in [0.05, 0.1) is 4.92 Å². The Hall–Kier alpha value is -2.93. The lowest BCUT2D eigenvalue weighted by atomic mass is 9.94. The molecule has 0 radical (unpaired) electrons. The van der Waals surface area contributed by atoms with Crippen molar-refractivity contribution < 1.29 is 9.72 Å². The van der Waals surface area contributed by atoms with Crippen molar-refractivity contribution in [1.82, 2.24) is 4.90 Å². The average Bonchev–Trinajstić information content (AvgIpc) is 2.75. The van der Waals surface area contributed by atoms with E-state index >= 15 is 0 Å². The van der Waals surface area contributed by atoms with Gasteiger partial charge in [-0.1, -0.05) is 37.5 Å². The van der Waals surface area contributed by atoms with E-state index in [0.717, 1.165) is 17.8 Å². The summed E-state index contributed by atoms with van der Waals surface area (Å²) in [5, 5.41) is 14.4. The van der Waals surface area contributed by atoms with Gasteiger partial charge >= 0.3 is 0 Å². The molecule has 0 bridgehead atoms. The monoisotopic (exact) mass is 410 g/mol. The molecule has 2 aromatic rings. The quantitative estimate of drug-likeness (QED) is 0.530. The number of amides is 1. The Balaban J connectivity index is 1.77. The molecule has 7 heteroatoms. The third-order valence-electron chi connectivity index (χ3n) is 5.80. The Morgan fingerprint density at radius 1 is 1.10 bits per heavy atom. The maximum absolute atomic E-state index is 12.8. The summed E-state index contributed by atoms with van der Waals surface area (Å²) in [6.45, 7) is 0.751. The highest BCUT2D eigenvalue weighted by Crippen LogP contribution is 2.29. The van der Waals surface area contributed by atoms with Gasteiger partial charge in [0, 0.05) is 44.0 Å². The van der Waals surface area contributed by atoms with Crippen LogP contribution in [0.2, 0.25) is 0 Å². The molecule has 0 atom stereocenters. The molecule has 3 rings (SSSR count). The molecule has 0 aliphatic heterocycles. The lowest BCUT2D eigenvalue weighted by Crippen LogP contribution is -2.33. The molecule has 1 amide bonds. The summed E-state index contributed by atoms with van der Waals surface area (Å²) < 4.78 is 0. The molecule has 1 N–H and O–H groups in total. The molecule has 0 unspecified atom stereocenters. The second-order valence-corrected chi connectivity index (χ2v) is 8.17. The summed E-state index contributed by atoms with van der Waals surface area (Å²) in [4.78, 5) is 27.8. The largest absolute Gasteiger partial charge is 0.372 e. The van der Waals surface area contributed by atoms with E-state index in [0.29, 0.717) is 11.7 Å². The topological polar surface area (TPSA) is 78.7 Å². The Morgan fingerprint density at radius 3 is 2.47 bits per heavy atom. The molecule has 1 fully saturated rings. The number of carbonyl (C=O) groups excluding carboxylic acids is 1. The zero-order valence-corrected chi connectivity index (χ0v) is 17.9. The molecule has 0 aromatic heterocycles. The van der Waals surface area contributed by atoms with Crippen LogP contribution in [-0.4, -0.2) is 42.9 Å². The van der Waals surface area contributed by atoms with Gasteiger partial charge in [-0.05, 0) is 43.7 Å². The van der Waals surface area contributed by atoms with Crippen molar-refractivity contribution in [2.24, 2.45) is 0 Å². The van der Waals surface area contributed by atoms with Crippen LogP contribution in [0.3, 0.4) is 0 Å². The van der Waals surface area contributed by atoms with Gasteiger partial charge in [0.2, 0.25) is 0 Å². The SMILES string of the molecule is CN(C)c1ccc(C(=O)Nc2ccccc2CN(C)C2CCCCC2)cc1[N+](=O)[O-]. The summed E-state index contributed by atoms with van der Waals surface area (Å²) in [5.41, 5.74) is 2.43. The number of carbonyl (C=O) groups is 1. The minimum absolute atomic E-state index is 0.0852. The van der Waals surface area contributed by atoms with Crippen LogP contribution in [0.1, 0.15) is 48.0 Å². The predicted octanol–water partition coefficient (Wildman–Crippen LogP) is 4.68. The second kappa shape index (κ2) is 9.71. The van der Waals surface area contributed by atoms with E-state index in [9.17, 15) is 14.9 Å². The van der Waals surface area contributed by atoms with Crippen LogP contribution >= 0.6 is 0 Å². The van der Waals surface area contributed by atoms with Gasteiger partial charge in [0.25, 0.3) is 11.6 Å². The number of hydrogen-bond acceptors (Lipinski definition) is 5. The van der Waals surface area contributed by atoms with Crippen molar-refractivity contribution in [1.29, 1.82) is 0 Å². The van der Waals surface area contributed by atoms with Gasteiger partial charge in [0.15, 0.2) is 0 Å². The molecule has 7 nitrogen and oxygen atoms in total. The van der Waals surface area contributed by atoms with Gasteiger partial charge in [-0.2, -0.15) is 0 Å². The molecule has 0 heterocycles. The van der Waals surface area contributed by atoms with E-state index < -0.39 is 4.92 Å². The standard InChI is InChI=1S/C23H30N4O3/c1-25(2)21-14-13-17(15-22(21)27(29)30)23(28)24-20-12-8-7-9-18(20)16-26(3)19-10-5-4-6-11-19/h7-9,12-15,19H,4-6,10-11,16H2,1-3H3,(H,24,28). The molecule has 2 aromatic carbocycles. The van der Waals surface area contributed by atoms with E-state index in [1.165, 1.54) is 38.2 Å². The summed E-state index contributed by atoms with van der Waals surface area (Å²) in [5.74, 6) is -0.351. The number of nitro benzene ring substituents is 1. The highest BCUT2D eigenvalue weighted by atomic mass is 16.6. The molecule has 1 saturated carbocycles. The van der Waals surface area contributed by atoms with Crippen LogP contribution in [0.5, 0.6) is 0 Å². The molecular weight excluding hydrogens is 380 g/mol. The Kier molecular flexibility index (Phi) is 7.05. The fourth-order valence-electron chi connectivity index (χ4n) is 4.08. The van der Waals surface area contributed by atoms with Crippen LogP contribution in [-0.2, 0) is 6.54 Å². The number of nitrogens with one attached hydrogen (secondary N) is 1. The van der Waals surface area contributed by atoms with Gasteiger partial charge < -0.3 is 10.2 Å². The van der Waals surface area contributed by atoms with E-state index in [4.69, 9.17) is 0 Å². The fourth-order valence-corrected chi connectivity index (χ4v) is 4.08. The number of nitrogens with zero attached hydrogens (tertiary/aromatic N) is 3. The van der Waals surface area contributed by atoms with Crippen LogP contribution in [0.4, 0.5) is 17.1 Å². The van der Waals surface area contributed by atoms with Crippen molar-refractivity contribution in [2.75, 3.05) is 31.4 Å². The fraction of sp³-hybridized carbons (Fsp3) is 0.435. The van der Waals surface area contributed by atoms with E-state index in [1.54, 1.807) is 31.1 Å². The summed E-state index contributed by atoms with van der Waals surface area (Å²) in [7, 11) is 5.61. The number of nitro groups is 1. The summed E-state index contributed by atoms with van der Waals surface area (Å²) in [6, 6.07) is 12.9. The zero-order valence-electron chi connectivity index (χ0n) is 17.9. The van der Waals surface area contributed by atoms with E-state index in [-0.39, 0.29) is 17.2 Å². The Bertz CT molecular complexity index is 907. The first-order valence-corrected chi connectivity index (χ1v) is 10.4. The first kappa shape index (κ1) is 21.8. The third-order valence-corrected chi connectivity index (χ3v) is 5.80. The molecule has 1 aliphatic carbocycles. The first-order valence-electron chi connectivity index (χ1n) is 10.4. The van der Waals surface area contributed by atoms with E-state index in [1.807, 2.05) is 24.3 Å². The minimum Gasteiger partial charge on any atom is -0.372 e. The average molecular weight is 411 g/mol. The third kappa shape index (κ3) is 5.16. The van der Waals surface area contributed by atoms with Crippen molar-refractivity contribution in [2.45, 2.75) is 44.7 Å². The van der Waals surface area contributed by atoms with Gasteiger partial charge in [-0.15, -0.1) is 0 Å². The second-order valence-electron chi connectivity index (χ2n) is 8.17. The zero-order chi connectivity index (χ0) is 21.7. The number of rotatable bonds is 7. The predicted molar refractivity (Wildman–Crippen MR) is 120 cm³/mol. The highest BCUT2D eigenvalue weighted by molar-refractivity contribution is 6.05. The van der Waals surface area contributed by atoms with Crippen molar-refractivity contribution >= 4 is 23.0 Å². The smallest absolute Gasteiger partial charge is 0.293 e.